The number of fused-ring (bicyclic) bond motifs is 1. The highest BCUT2D eigenvalue weighted by Gasteiger charge is 2.18. The summed E-state index contributed by atoms with van der Waals surface area (Å²) in [5.41, 5.74) is 14.7. The molecule has 0 bridgehead atoms. The summed E-state index contributed by atoms with van der Waals surface area (Å²) in [6.45, 7) is 9.85. The smallest absolute Gasteiger partial charge is 0.338 e. The first-order valence-electron chi connectivity index (χ1n) is 19.0. The van der Waals surface area contributed by atoms with Crippen molar-refractivity contribution in [3.05, 3.63) is 163 Å². The summed E-state index contributed by atoms with van der Waals surface area (Å²) in [6.07, 6.45) is 12.6. The maximum absolute atomic E-state index is 12.4. The SMILES string of the molecule is Cc1noc(C)c1-c1cnc(N)c(NC(C)c2ccc(Cl)c(Cl)c2)c1.Cc1noc(C)c1-c1cnc2[nH]c(=O)n(Cc3ccc(Cl)c(Cl)c3)c2c1.O=C(n1ccnc1)n1ccnc1. The van der Waals surface area contributed by atoms with E-state index < -0.39 is 0 Å². The molecule has 0 aliphatic carbocycles. The molecule has 2 aromatic carbocycles. The normalized spacial score (nSPS) is 11.4. The number of nitrogens with zero attached hydrogens (tertiary/aromatic N) is 9. The molecule has 4 N–H and O–H groups in total. The largest absolute Gasteiger partial charge is 0.382 e. The third kappa shape index (κ3) is 10.00. The van der Waals surface area contributed by atoms with Crippen LogP contribution in [0.5, 0.6) is 0 Å². The molecule has 0 spiro atoms. The Kier molecular flexibility index (Phi) is 13.5. The number of H-pyrrole nitrogens is 1. The first kappa shape index (κ1) is 44.3. The number of carbonyl (C=O) groups is 1. The maximum atomic E-state index is 12.4. The van der Waals surface area contributed by atoms with E-state index >= 15 is 0 Å². The number of aryl methyl sites for hydroxylation is 4. The summed E-state index contributed by atoms with van der Waals surface area (Å²) < 4.78 is 14.8. The van der Waals surface area contributed by atoms with Crippen LogP contribution in [0, 0.1) is 27.7 Å². The molecule has 0 amide bonds. The van der Waals surface area contributed by atoms with Crippen LogP contribution in [0.4, 0.5) is 16.3 Å². The molecule has 7 heterocycles. The van der Waals surface area contributed by atoms with Crippen LogP contribution in [0.15, 0.2) is 112 Å². The van der Waals surface area contributed by atoms with Gasteiger partial charge in [-0.3, -0.25) is 18.7 Å². The van der Waals surface area contributed by atoms with Gasteiger partial charge in [0, 0.05) is 65.5 Å². The van der Waals surface area contributed by atoms with Gasteiger partial charge >= 0.3 is 11.7 Å². The van der Waals surface area contributed by atoms with Gasteiger partial charge in [0.15, 0.2) is 5.65 Å². The third-order valence-electron chi connectivity index (χ3n) is 9.78. The quantitative estimate of drug-likeness (QED) is 0.136. The van der Waals surface area contributed by atoms with E-state index in [0.29, 0.717) is 49.4 Å². The number of hydrogen-bond donors (Lipinski definition) is 3. The number of benzene rings is 2. The molecule has 0 saturated heterocycles. The number of nitrogens with one attached hydrogen (secondary N) is 2. The average Bonchev–Trinajstić information content (AvgIpc) is 4.13. The lowest BCUT2D eigenvalue weighted by molar-refractivity contribution is 0.244. The summed E-state index contributed by atoms with van der Waals surface area (Å²) in [5, 5.41) is 13.3. The van der Waals surface area contributed by atoms with Crippen molar-refractivity contribution in [3.63, 3.8) is 0 Å². The molecule has 0 aliphatic rings. The second kappa shape index (κ2) is 19.1. The number of halogens is 4. The van der Waals surface area contributed by atoms with Crippen LogP contribution in [0.25, 0.3) is 33.4 Å². The van der Waals surface area contributed by atoms with Gasteiger partial charge in [0.2, 0.25) is 0 Å². The van der Waals surface area contributed by atoms with E-state index in [1.165, 1.54) is 21.8 Å². The number of nitrogens with two attached hydrogens (primary N) is 1. The van der Waals surface area contributed by atoms with Crippen molar-refractivity contribution in [2.45, 2.75) is 47.2 Å². The van der Waals surface area contributed by atoms with Crippen molar-refractivity contribution in [3.8, 4) is 22.3 Å². The van der Waals surface area contributed by atoms with Crippen LogP contribution in [-0.2, 0) is 6.54 Å². The Morgan fingerprint density at radius 3 is 1.89 bits per heavy atom. The van der Waals surface area contributed by atoms with Gasteiger partial charge < -0.3 is 20.1 Å². The van der Waals surface area contributed by atoms with E-state index in [0.717, 1.165) is 56.2 Å². The lowest BCUT2D eigenvalue weighted by atomic mass is 10.0. The van der Waals surface area contributed by atoms with Gasteiger partial charge in [0.25, 0.3) is 0 Å². The van der Waals surface area contributed by atoms with Crippen LogP contribution in [0.1, 0.15) is 47.0 Å². The Bertz CT molecular complexity index is 3030. The zero-order valence-electron chi connectivity index (χ0n) is 34.3. The number of anilines is 2. The number of pyridine rings is 2. The van der Waals surface area contributed by atoms with Crippen molar-refractivity contribution in [2.24, 2.45) is 0 Å². The van der Waals surface area contributed by atoms with Crippen molar-refractivity contribution in [2.75, 3.05) is 11.1 Å². The first-order chi connectivity index (χ1) is 30.2. The molecule has 63 heavy (non-hydrogen) atoms. The fourth-order valence-electron chi connectivity index (χ4n) is 6.64. The van der Waals surface area contributed by atoms with Gasteiger partial charge in [0.1, 0.15) is 30.0 Å². The van der Waals surface area contributed by atoms with Gasteiger partial charge in [0.05, 0.1) is 49.2 Å². The van der Waals surface area contributed by atoms with Gasteiger partial charge in [-0.25, -0.2) is 29.5 Å². The van der Waals surface area contributed by atoms with Crippen LogP contribution in [-0.4, -0.2) is 55.0 Å². The van der Waals surface area contributed by atoms with Gasteiger partial charge in [-0.05, 0) is 82.1 Å². The molecule has 0 radical (unpaired) electrons. The molecule has 322 valence electrons. The average molecular weight is 929 g/mol. The van der Waals surface area contributed by atoms with E-state index in [4.69, 9.17) is 61.2 Å². The minimum atomic E-state index is -0.241. The number of hydrogen-bond acceptors (Lipinski definition) is 12. The number of rotatable bonds is 7. The second-order valence-electron chi connectivity index (χ2n) is 14.2. The molecule has 20 heteroatoms. The van der Waals surface area contributed by atoms with E-state index in [2.05, 4.69) is 40.6 Å². The summed E-state index contributed by atoms with van der Waals surface area (Å²) in [7, 11) is 0. The van der Waals surface area contributed by atoms with Gasteiger partial charge in [-0.2, -0.15) is 0 Å². The van der Waals surface area contributed by atoms with Crippen LogP contribution < -0.4 is 16.7 Å². The fourth-order valence-corrected chi connectivity index (χ4v) is 7.27. The number of carbonyl (C=O) groups excluding carboxylic acids is 1. The Labute approximate surface area is 379 Å². The van der Waals surface area contributed by atoms with Gasteiger partial charge in [-0.15, -0.1) is 0 Å². The molecule has 7 aromatic heterocycles. The fraction of sp³-hybridized carbons (Fsp3) is 0.163. The first-order valence-corrected chi connectivity index (χ1v) is 20.6. The van der Waals surface area contributed by atoms with Crippen molar-refractivity contribution in [1.29, 1.82) is 0 Å². The van der Waals surface area contributed by atoms with Crippen LogP contribution in [0.2, 0.25) is 20.1 Å². The van der Waals surface area contributed by atoms with Crippen LogP contribution in [0.3, 0.4) is 0 Å². The Balaban J connectivity index is 0.000000151. The highest BCUT2D eigenvalue weighted by molar-refractivity contribution is 6.42. The molecule has 0 fully saturated rings. The van der Waals surface area contributed by atoms with E-state index in [1.54, 1.807) is 59.9 Å². The third-order valence-corrected chi connectivity index (χ3v) is 11.3. The lowest BCUT2D eigenvalue weighted by Crippen LogP contribution is -2.17. The maximum Gasteiger partial charge on any atom is 0.338 e. The second-order valence-corrected chi connectivity index (χ2v) is 15.8. The summed E-state index contributed by atoms with van der Waals surface area (Å²) >= 11 is 24.1. The number of imidazole rings is 3. The van der Waals surface area contributed by atoms with Crippen molar-refractivity contribution in [1.82, 2.24) is 48.9 Å². The molecular formula is C43H38Cl4N12O4. The molecule has 9 rings (SSSR count). The van der Waals surface area contributed by atoms with E-state index in [9.17, 15) is 9.59 Å². The number of nitrogen functional groups attached to an aromatic ring is 1. The predicted octanol–water partition coefficient (Wildman–Crippen LogP) is 10.4. The minimum absolute atomic E-state index is 0.0289. The monoisotopic (exact) mass is 926 g/mol. The van der Waals surface area contributed by atoms with Crippen molar-refractivity contribution < 1.29 is 13.8 Å². The highest BCUT2D eigenvalue weighted by atomic mass is 35.5. The summed E-state index contributed by atoms with van der Waals surface area (Å²) in [4.78, 5) is 42.8. The lowest BCUT2D eigenvalue weighted by Gasteiger charge is -2.18. The molecule has 1 atom stereocenters. The summed E-state index contributed by atoms with van der Waals surface area (Å²) in [6, 6.07) is 14.5. The van der Waals surface area contributed by atoms with Crippen LogP contribution >= 0.6 is 46.4 Å². The molecule has 0 saturated carbocycles. The highest BCUT2D eigenvalue weighted by Crippen LogP contribution is 2.33. The molecule has 16 nitrogen and oxygen atoms in total. The summed E-state index contributed by atoms with van der Waals surface area (Å²) in [5.74, 6) is 1.87. The predicted molar refractivity (Wildman–Crippen MR) is 244 cm³/mol. The topological polar surface area (TPSA) is 206 Å². The Morgan fingerprint density at radius 2 is 1.35 bits per heavy atom. The standard InChI is InChI=1S/C18H14Cl2N4O2.C18H18Cl2N4O.C7H6N4O/c1-9-16(10(2)26-23-9)12-6-15-17(21-7-12)22-18(25)24(15)8-11-3-4-13(19)14(20)5-11;1-9(12-4-5-14(19)15(20)6-12)23-16-7-13(8-22-18(16)21)17-10(2)24-25-11(17)3;12-7(10-3-1-8-5-10)11-4-2-9-6-11/h3-7H,8H2,1-2H3,(H,21,22,25);4-9,23H,1-3H3,(H2,21,22);1-6H. The van der Waals surface area contributed by atoms with E-state index in [1.807, 2.05) is 65.0 Å². The Hall–Kier alpha value is -6.72. The number of aromatic amines is 1. The molecule has 0 aliphatic heterocycles. The Morgan fingerprint density at radius 1 is 0.778 bits per heavy atom. The molecule has 9 aromatic rings. The van der Waals surface area contributed by atoms with E-state index in [-0.39, 0.29) is 17.8 Å². The van der Waals surface area contributed by atoms with Crippen molar-refractivity contribution >= 4 is 75.1 Å². The van der Waals surface area contributed by atoms with Gasteiger partial charge in [-0.1, -0.05) is 68.8 Å². The number of aromatic nitrogens is 10. The molecule has 1 unspecified atom stereocenters. The zero-order valence-corrected chi connectivity index (χ0v) is 37.3. The minimum Gasteiger partial charge on any atom is -0.382 e. The zero-order chi connectivity index (χ0) is 44.9. The molecular weight excluding hydrogens is 890 g/mol.